The maximum absolute atomic E-state index is 10.3. The highest BCUT2D eigenvalue weighted by Gasteiger charge is 2.16. The fourth-order valence-corrected chi connectivity index (χ4v) is 2.81. The van der Waals surface area contributed by atoms with E-state index in [4.69, 9.17) is 9.47 Å². The Labute approximate surface area is 141 Å². The lowest BCUT2D eigenvalue weighted by Crippen LogP contribution is -1.95. The van der Waals surface area contributed by atoms with Crippen molar-refractivity contribution in [3.05, 3.63) is 48.0 Å². The van der Waals surface area contributed by atoms with Crippen LogP contribution in [0.2, 0.25) is 0 Å². The van der Waals surface area contributed by atoms with Crippen LogP contribution in [0.3, 0.4) is 0 Å². The quantitative estimate of drug-likeness (QED) is 0.753. The van der Waals surface area contributed by atoms with Crippen LogP contribution in [0.5, 0.6) is 17.4 Å². The monoisotopic (exact) mass is 323 g/mol. The summed E-state index contributed by atoms with van der Waals surface area (Å²) in [6, 6.07) is 13.6. The standard InChI is InChI=1S/C20H21NO3/c1-12(2)13-5-7-14(8-6-13)18-19(24-4)17-11-15(23-3)9-10-16(17)20(22)21-18/h5-12H,1-4H3,(H,21,22). The molecule has 0 saturated heterocycles. The number of nitrogens with zero attached hydrogens (tertiary/aromatic N) is 1. The van der Waals surface area contributed by atoms with Crippen molar-refractivity contribution in [1.29, 1.82) is 0 Å². The molecule has 0 fully saturated rings. The van der Waals surface area contributed by atoms with Crippen molar-refractivity contribution in [3.8, 4) is 28.6 Å². The van der Waals surface area contributed by atoms with Gasteiger partial charge in [0.25, 0.3) is 0 Å². The van der Waals surface area contributed by atoms with E-state index in [9.17, 15) is 5.11 Å². The van der Waals surface area contributed by atoms with Gasteiger partial charge in [-0.05, 0) is 29.7 Å². The van der Waals surface area contributed by atoms with Gasteiger partial charge in [0.15, 0.2) is 5.75 Å². The molecular weight excluding hydrogens is 302 g/mol. The molecule has 124 valence electrons. The topological polar surface area (TPSA) is 51.6 Å². The van der Waals surface area contributed by atoms with Gasteiger partial charge in [-0.25, -0.2) is 4.98 Å². The van der Waals surface area contributed by atoms with Crippen molar-refractivity contribution in [3.63, 3.8) is 0 Å². The van der Waals surface area contributed by atoms with Gasteiger partial charge in [-0.15, -0.1) is 0 Å². The van der Waals surface area contributed by atoms with E-state index in [1.165, 1.54) is 5.56 Å². The van der Waals surface area contributed by atoms with Crippen LogP contribution in [0.25, 0.3) is 22.0 Å². The van der Waals surface area contributed by atoms with Gasteiger partial charge in [0.05, 0.1) is 14.2 Å². The maximum Gasteiger partial charge on any atom is 0.219 e. The smallest absolute Gasteiger partial charge is 0.219 e. The van der Waals surface area contributed by atoms with E-state index in [0.717, 1.165) is 10.9 Å². The first-order valence-corrected chi connectivity index (χ1v) is 7.90. The Morgan fingerprint density at radius 2 is 1.62 bits per heavy atom. The Morgan fingerprint density at radius 3 is 2.21 bits per heavy atom. The van der Waals surface area contributed by atoms with E-state index in [-0.39, 0.29) is 5.88 Å². The van der Waals surface area contributed by atoms with Crippen LogP contribution < -0.4 is 9.47 Å². The van der Waals surface area contributed by atoms with Crippen LogP contribution in [0.1, 0.15) is 25.3 Å². The Balaban J connectivity index is 2.23. The lowest BCUT2D eigenvalue weighted by Gasteiger charge is -2.14. The van der Waals surface area contributed by atoms with Crippen LogP contribution in [-0.2, 0) is 0 Å². The minimum atomic E-state index is -0.0172. The van der Waals surface area contributed by atoms with Crippen LogP contribution in [0.15, 0.2) is 42.5 Å². The fourth-order valence-electron chi connectivity index (χ4n) is 2.81. The van der Waals surface area contributed by atoms with Crippen molar-refractivity contribution in [2.75, 3.05) is 14.2 Å². The van der Waals surface area contributed by atoms with E-state index < -0.39 is 0 Å². The number of hydrogen-bond acceptors (Lipinski definition) is 4. The minimum absolute atomic E-state index is 0.0172. The van der Waals surface area contributed by atoms with E-state index in [0.29, 0.717) is 28.5 Å². The van der Waals surface area contributed by atoms with Gasteiger partial charge in [0, 0.05) is 16.3 Å². The third-order valence-electron chi connectivity index (χ3n) is 4.20. The zero-order valence-electron chi connectivity index (χ0n) is 14.3. The number of rotatable bonds is 4. The molecule has 3 rings (SSSR count). The second-order valence-corrected chi connectivity index (χ2v) is 6.01. The summed E-state index contributed by atoms with van der Waals surface area (Å²) in [4.78, 5) is 4.36. The average molecular weight is 323 g/mol. The van der Waals surface area contributed by atoms with Gasteiger partial charge in [0.1, 0.15) is 11.4 Å². The Bertz CT molecular complexity index is 870. The lowest BCUT2D eigenvalue weighted by molar-refractivity contribution is 0.410. The SMILES string of the molecule is COc1ccc2c(O)nc(-c3ccc(C(C)C)cc3)c(OC)c2c1. The number of aromatic hydroxyl groups is 1. The second-order valence-electron chi connectivity index (χ2n) is 6.01. The molecule has 1 N–H and O–H groups in total. The number of pyridine rings is 1. The first-order valence-electron chi connectivity index (χ1n) is 7.90. The Morgan fingerprint density at radius 1 is 0.917 bits per heavy atom. The molecule has 0 atom stereocenters. The predicted molar refractivity (Wildman–Crippen MR) is 96.0 cm³/mol. The van der Waals surface area contributed by atoms with Crippen LogP contribution in [-0.4, -0.2) is 24.3 Å². The van der Waals surface area contributed by atoms with Crippen molar-refractivity contribution in [2.24, 2.45) is 0 Å². The number of ether oxygens (including phenoxy) is 2. The first kappa shape index (κ1) is 16.1. The molecule has 4 nitrogen and oxygen atoms in total. The highest BCUT2D eigenvalue weighted by molar-refractivity contribution is 5.97. The third kappa shape index (κ3) is 2.75. The molecule has 0 spiro atoms. The molecule has 1 aromatic heterocycles. The lowest BCUT2D eigenvalue weighted by atomic mass is 9.99. The first-order chi connectivity index (χ1) is 11.5. The molecule has 24 heavy (non-hydrogen) atoms. The minimum Gasteiger partial charge on any atom is -0.497 e. The fraction of sp³-hybridized carbons (Fsp3) is 0.250. The van der Waals surface area contributed by atoms with E-state index in [2.05, 4.69) is 31.0 Å². The maximum atomic E-state index is 10.3. The number of hydrogen-bond donors (Lipinski definition) is 1. The predicted octanol–water partition coefficient (Wildman–Crippen LogP) is 4.75. The van der Waals surface area contributed by atoms with Gasteiger partial charge < -0.3 is 14.6 Å². The van der Waals surface area contributed by atoms with Crippen molar-refractivity contribution >= 4 is 10.8 Å². The highest BCUT2D eigenvalue weighted by Crippen LogP contribution is 2.40. The molecule has 0 radical (unpaired) electrons. The zero-order chi connectivity index (χ0) is 17.3. The summed E-state index contributed by atoms with van der Waals surface area (Å²) in [6.07, 6.45) is 0. The number of fused-ring (bicyclic) bond motifs is 1. The summed E-state index contributed by atoms with van der Waals surface area (Å²) >= 11 is 0. The van der Waals surface area contributed by atoms with E-state index >= 15 is 0 Å². The summed E-state index contributed by atoms with van der Waals surface area (Å²) in [5.74, 6) is 1.77. The molecule has 0 amide bonds. The molecule has 0 saturated carbocycles. The van der Waals surface area contributed by atoms with Gasteiger partial charge in [-0.2, -0.15) is 0 Å². The van der Waals surface area contributed by atoms with Crippen LogP contribution in [0, 0.1) is 0 Å². The molecule has 0 aliphatic rings. The molecular formula is C20H21NO3. The Hall–Kier alpha value is -2.75. The highest BCUT2D eigenvalue weighted by atomic mass is 16.5. The van der Waals surface area contributed by atoms with Crippen molar-refractivity contribution < 1.29 is 14.6 Å². The van der Waals surface area contributed by atoms with Crippen LogP contribution in [0.4, 0.5) is 0 Å². The van der Waals surface area contributed by atoms with Crippen molar-refractivity contribution in [1.82, 2.24) is 4.98 Å². The summed E-state index contributed by atoms with van der Waals surface area (Å²) in [7, 11) is 3.22. The molecule has 0 bridgehead atoms. The molecule has 2 aromatic carbocycles. The van der Waals surface area contributed by atoms with Gasteiger partial charge >= 0.3 is 0 Å². The number of benzene rings is 2. The average Bonchev–Trinajstić information content (AvgIpc) is 2.61. The molecule has 0 aliphatic heterocycles. The second kappa shape index (κ2) is 6.40. The molecule has 3 aromatic rings. The zero-order valence-corrected chi connectivity index (χ0v) is 14.3. The summed E-state index contributed by atoms with van der Waals surface area (Å²) in [6.45, 7) is 4.31. The third-order valence-corrected chi connectivity index (χ3v) is 4.20. The Kier molecular flexibility index (Phi) is 4.30. The number of aromatic nitrogens is 1. The summed E-state index contributed by atoms with van der Waals surface area (Å²) in [5, 5.41) is 11.7. The largest absolute Gasteiger partial charge is 0.497 e. The van der Waals surface area contributed by atoms with E-state index in [1.807, 2.05) is 18.2 Å². The van der Waals surface area contributed by atoms with Crippen molar-refractivity contribution in [2.45, 2.75) is 19.8 Å². The van der Waals surface area contributed by atoms with Crippen LogP contribution >= 0.6 is 0 Å². The van der Waals surface area contributed by atoms with E-state index in [1.54, 1.807) is 26.4 Å². The molecule has 1 heterocycles. The molecule has 4 heteroatoms. The number of methoxy groups -OCH3 is 2. The summed E-state index contributed by atoms with van der Waals surface area (Å²) in [5.41, 5.74) is 2.77. The van der Waals surface area contributed by atoms with Gasteiger partial charge in [-0.1, -0.05) is 38.1 Å². The van der Waals surface area contributed by atoms with Gasteiger partial charge in [0.2, 0.25) is 5.88 Å². The summed E-state index contributed by atoms with van der Waals surface area (Å²) < 4.78 is 10.9. The molecule has 0 unspecified atom stereocenters. The molecule has 0 aliphatic carbocycles. The van der Waals surface area contributed by atoms with Gasteiger partial charge in [-0.3, -0.25) is 0 Å². The normalized spacial score (nSPS) is 11.0.